The molecule has 1 aromatic heterocycles. The van der Waals surface area contributed by atoms with E-state index in [9.17, 15) is 4.79 Å². The number of aliphatic hydroxyl groups excluding tert-OH is 1. The Morgan fingerprint density at radius 1 is 1.18 bits per heavy atom. The molecule has 0 atom stereocenters. The lowest BCUT2D eigenvalue weighted by atomic mass is 10.1. The molecule has 6 nitrogen and oxygen atoms in total. The maximum Gasteiger partial charge on any atom is 0.245 e. The van der Waals surface area contributed by atoms with Crippen LogP contribution in [0.3, 0.4) is 0 Å². The first kappa shape index (κ1) is 19.9. The zero-order chi connectivity index (χ0) is 19.8. The molecule has 2 N–H and O–H groups in total. The molecule has 0 aliphatic heterocycles. The Bertz CT molecular complexity index is 963. The summed E-state index contributed by atoms with van der Waals surface area (Å²) in [5.41, 5.74) is 3.04. The number of amides is 1. The van der Waals surface area contributed by atoms with Crippen molar-refractivity contribution in [2.75, 3.05) is 20.3 Å². The lowest BCUT2D eigenvalue weighted by molar-refractivity contribution is -0.123. The zero-order valence-corrected chi connectivity index (χ0v) is 16.5. The first-order chi connectivity index (χ1) is 13.7. The van der Waals surface area contributed by atoms with Gasteiger partial charge < -0.3 is 19.7 Å². The van der Waals surface area contributed by atoms with Crippen LogP contribution in [0.1, 0.15) is 6.42 Å². The van der Waals surface area contributed by atoms with E-state index in [2.05, 4.69) is 15.3 Å². The topological polar surface area (TPSA) is 75.8 Å². The van der Waals surface area contributed by atoms with E-state index in [0.717, 1.165) is 33.9 Å². The number of nitrogens with zero attached hydrogens (tertiary/aromatic N) is 2. The van der Waals surface area contributed by atoms with Crippen molar-refractivity contribution < 1.29 is 14.6 Å². The number of methoxy groups -OCH3 is 1. The van der Waals surface area contributed by atoms with Crippen LogP contribution in [0.15, 0.2) is 65.0 Å². The normalized spacial score (nSPS) is 11.4. The molecule has 0 fully saturated rings. The number of nitrogens with one attached hydrogen (secondary N) is 1. The molecule has 0 spiro atoms. The Morgan fingerprint density at radius 3 is 2.61 bits per heavy atom. The van der Waals surface area contributed by atoms with E-state index in [4.69, 9.17) is 14.8 Å². The van der Waals surface area contributed by atoms with Crippen LogP contribution in [0.2, 0.25) is 0 Å². The fraction of sp³-hybridized carbons (Fsp3) is 0.238. The molecular weight excluding hydrogens is 374 g/mol. The Hall–Kier alpha value is -2.90. The molecule has 0 saturated carbocycles. The summed E-state index contributed by atoms with van der Waals surface area (Å²) in [6.45, 7) is 0.703. The van der Waals surface area contributed by atoms with Crippen molar-refractivity contribution in [2.24, 2.45) is 4.99 Å². The van der Waals surface area contributed by atoms with Crippen molar-refractivity contribution in [3.8, 4) is 17.0 Å². The molecule has 0 unspecified atom stereocenters. The number of para-hydroxylation sites is 1. The number of benzene rings is 2. The van der Waals surface area contributed by atoms with Gasteiger partial charge in [0.2, 0.25) is 5.91 Å². The Kier molecular flexibility index (Phi) is 7.00. The van der Waals surface area contributed by atoms with Gasteiger partial charge in [0, 0.05) is 18.5 Å². The molecule has 3 aromatic rings. The maximum atomic E-state index is 11.2. The third-order valence-electron chi connectivity index (χ3n) is 4.19. The summed E-state index contributed by atoms with van der Waals surface area (Å²) in [4.78, 5) is 16.9. The number of hydrogen-bond donors (Lipinski definition) is 2. The molecule has 0 aliphatic rings. The number of ether oxygens (including phenoxy) is 1. The summed E-state index contributed by atoms with van der Waals surface area (Å²) >= 11 is 1.58. The van der Waals surface area contributed by atoms with E-state index in [0.29, 0.717) is 13.1 Å². The highest BCUT2D eigenvalue weighted by atomic mass is 32.1. The van der Waals surface area contributed by atoms with Gasteiger partial charge in [-0.15, -0.1) is 11.3 Å². The SMILES string of the molecule is COc1ccc(-c2csc(=Nc3ccccc3)n2CCCNC(=O)CO)cc1. The molecule has 0 aliphatic carbocycles. The van der Waals surface area contributed by atoms with Crippen molar-refractivity contribution in [2.45, 2.75) is 13.0 Å². The molecule has 146 valence electrons. The van der Waals surface area contributed by atoms with Crippen molar-refractivity contribution in [3.05, 3.63) is 64.8 Å². The average molecular weight is 398 g/mol. The largest absolute Gasteiger partial charge is 0.497 e. The van der Waals surface area contributed by atoms with Crippen LogP contribution in [0.4, 0.5) is 5.69 Å². The molecule has 1 amide bonds. The van der Waals surface area contributed by atoms with Gasteiger partial charge in [0.1, 0.15) is 12.4 Å². The standard InChI is InChI=1S/C21H23N3O3S/c1-27-18-10-8-16(9-11-18)19-15-28-21(23-17-6-3-2-4-7-17)24(19)13-5-12-22-20(26)14-25/h2-4,6-11,15,25H,5,12-14H2,1H3,(H,22,26). The first-order valence-electron chi connectivity index (χ1n) is 9.01. The van der Waals surface area contributed by atoms with Gasteiger partial charge >= 0.3 is 0 Å². The summed E-state index contributed by atoms with van der Waals surface area (Å²) in [7, 11) is 1.65. The van der Waals surface area contributed by atoms with E-state index in [1.807, 2.05) is 54.6 Å². The molecule has 0 saturated heterocycles. The summed E-state index contributed by atoms with van der Waals surface area (Å²) < 4.78 is 7.41. The molecule has 0 bridgehead atoms. The maximum absolute atomic E-state index is 11.2. The van der Waals surface area contributed by atoms with Crippen molar-refractivity contribution in [1.29, 1.82) is 0 Å². The highest BCUT2D eigenvalue weighted by Gasteiger charge is 2.09. The van der Waals surface area contributed by atoms with Gasteiger partial charge in [-0.25, -0.2) is 4.99 Å². The second-order valence-corrected chi connectivity index (χ2v) is 6.93. The van der Waals surface area contributed by atoms with Gasteiger partial charge in [0.25, 0.3) is 0 Å². The second-order valence-electron chi connectivity index (χ2n) is 6.09. The lowest BCUT2D eigenvalue weighted by Crippen LogP contribution is -2.28. The summed E-state index contributed by atoms with van der Waals surface area (Å²) in [6, 6.07) is 17.8. The highest BCUT2D eigenvalue weighted by Crippen LogP contribution is 2.23. The number of carbonyl (C=O) groups is 1. The van der Waals surface area contributed by atoms with E-state index < -0.39 is 6.61 Å². The van der Waals surface area contributed by atoms with E-state index in [1.54, 1.807) is 18.4 Å². The summed E-state index contributed by atoms with van der Waals surface area (Å²) in [6.07, 6.45) is 0.730. The molecule has 28 heavy (non-hydrogen) atoms. The zero-order valence-electron chi connectivity index (χ0n) is 15.7. The van der Waals surface area contributed by atoms with Gasteiger partial charge in [-0.3, -0.25) is 4.79 Å². The van der Waals surface area contributed by atoms with Gasteiger partial charge in [-0.1, -0.05) is 18.2 Å². The summed E-state index contributed by atoms with van der Waals surface area (Å²) in [5.74, 6) is 0.450. The number of aromatic nitrogens is 1. The van der Waals surface area contributed by atoms with Gasteiger partial charge in [-0.2, -0.15) is 0 Å². The monoisotopic (exact) mass is 397 g/mol. The van der Waals surface area contributed by atoms with Crippen LogP contribution in [-0.2, 0) is 11.3 Å². The average Bonchev–Trinajstić information content (AvgIpc) is 3.14. The van der Waals surface area contributed by atoms with Gasteiger partial charge in [0.05, 0.1) is 18.5 Å². The second kappa shape index (κ2) is 9.87. The van der Waals surface area contributed by atoms with Gasteiger partial charge in [-0.05, 0) is 48.4 Å². The van der Waals surface area contributed by atoms with Crippen molar-refractivity contribution in [3.63, 3.8) is 0 Å². The van der Waals surface area contributed by atoms with Crippen LogP contribution < -0.4 is 14.9 Å². The smallest absolute Gasteiger partial charge is 0.245 e. The van der Waals surface area contributed by atoms with Crippen LogP contribution in [0, 0.1) is 0 Å². The van der Waals surface area contributed by atoms with Crippen LogP contribution >= 0.6 is 11.3 Å². The molecule has 1 heterocycles. The van der Waals surface area contributed by atoms with Crippen LogP contribution in [0.5, 0.6) is 5.75 Å². The third-order valence-corrected chi connectivity index (χ3v) is 5.05. The molecule has 7 heteroatoms. The third kappa shape index (κ3) is 5.09. The van der Waals surface area contributed by atoms with E-state index in [-0.39, 0.29) is 5.91 Å². The summed E-state index contributed by atoms with van der Waals surface area (Å²) in [5, 5.41) is 13.6. The predicted octanol–water partition coefficient (Wildman–Crippen LogP) is 2.96. The number of carbonyl (C=O) groups excluding carboxylic acids is 1. The van der Waals surface area contributed by atoms with Crippen molar-refractivity contribution in [1.82, 2.24) is 9.88 Å². The fourth-order valence-corrected chi connectivity index (χ4v) is 3.72. The lowest BCUT2D eigenvalue weighted by Gasteiger charge is -2.10. The van der Waals surface area contributed by atoms with Crippen LogP contribution in [0.25, 0.3) is 11.3 Å². The van der Waals surface area contributed by atoms with Gasteiger partial charge in [0.15, 0.2) is 4.80 Å². The first-order valence-corrected chi connectivity index (χ1v) is 9.89. The predicted molar refractivity (Wildman–Crippen MR) is 111 cm³/mol. The Morgan fingerprint density at radius 2 is 1.93 bits per heavy atom. The number of thiazole rings is 1. The highest BCUT2D eigenvalue weighted by molar-refractivity contribution is 7.07. The fourth-order valence-electron chi connectivity index (χ4n) is 2.76. The Balaban J connectivity index is 1.90. The number of rotatable bonds is 8. The Labute approximate surface area is 167 Å². The van der Waals surface area contributed by atoms with E-state index in [1.165, 1.54) is 0 Å². The van der Waals surface area contributed by atoms with E-state index >= 15 is 0 Å². The molecular formula is C21H23N3O3S. The quantitative estimate of drug-likeness (QED) is 0.574. The minimum Gasteiger partial charge on any atom is -0.497 e. The van der Waals surface area contributed by atoms with Crippen LogP contribution in [-0.4, -0.2) is 35.8 Å². The minimum atomic E-state index is -0.489. The minimum absolute atomic E-state index is 0.361. The molecule has 2 aromatic carbocycles. The molecule has 0 radical (unpaired) electrons. The molecule has 3 rings (SSSR count). The number of hydrogen-bond acceptors (Lipinski definition) is 5. The number of aliphatic hydroxyl groups is 1. The van der Waals surface area contributed by atoms with Crippen molar-refractivity contribution >= 4 is 22.9 Å².